The van der Waals surface area contributed by atoms with Gasteiger partial charge in [0, 0.05) is 0 Å². The molecular formula is C15H33N. The standard InChI is InChI=1S/C15H33N/c1-8-11-16-12-13(15(5,6)7)9-10-14(2,3)4/h13,16H,8-12H2,1-7H3. The molecule has 0 aromatic rings. The zero-order valence-corrected chi connectivity index (χ0v) is 12.6. The molecule has 0 fully saturated rings. The van der Waals surface area contributed by atoms with Crippen LogP contribution in [0.1, 0.15) is 67.7 Å². The Bertz CT molecular complexity index is 171. The smallest absolute Gasteiger partial charge is 0.00155 e. The van der Waals surface area contributed by atoms with Gasteiger partial charge in [0.15, 0.2) is 0 Å². The molecule has 0 aliphatic heterocycles. The zero-order valence-electron chi connectivity index (χ0n) is 12.6. The van der Waals surface area contributed by atoms with Crippen LogP contribution in [0.5, 0.6) is 0 Å². The minimum atomic E-state index is 0.423. The fourth-order valence-corrected chi connectivity index (χ4v) is 1.90. The predicted octanol–water partition coefficient (Wildman–Crippen LogP) is 4.47. The van der Waals surface area contributed by atoms with E-state index in [9.17, 15) is 0 Å². The second-order valence-corrected chi connectivity index (χ2v) is 7.37. The first-order valence-electron chi connectivity index (χ1n) is 6.87. The fraction of sp³-hybridized carbons (Fsp3) is 1.00. The van der Waals surface area contributed by atoms with Gasteiger partial charge in [0.05, 0.1) is 0 Å². The summed E-state index contributed by atoms with van der Waals surface area (Å²) in [5, 5.41) is 3.58. The highest BCUT2D eigenvalue weighted by molar-refractivity contribution is 4.78. The van der Waals surface area contributed by atoms with Crippen LogP contribution in [0.25, 0.3) is 0 Å². The summed E-state index contributed by atoms with van der Waals surface area (Å²) in [6.45, 7) is 18.7. The molecule has 0 aliphatic rings. The molecule has 1 heteroatoms. The molecule has 1 nitrogen and oxygen atoms in total. The average Bonchev–Trinajstić information content (AvgIpc) is 2.07. The first-order chi connectivity index (χ1) is 7.17. The molecule has 0 spiro atoms. The van der Waals surface area contributed by atoms with Gasteiger partial charge in [-0.1, -0.05) is 48.5 Å². The molecule has 0 saturated heterocycles. The van der Waals surface area contributed by atoms with Crippen molar-refractivity contribution < 1.29 is 0 Å². The van der Waals surface area contributed by atoms with Gasteiger partial charge in [-0.3, -0.25) is 0 Å². The van der Waals surface area contributed by atoms with Crippen molar-refractivity contribution in [1.82, 2.24) is 5.32 Å². The molecule has 0 aromatic heterocycles. The Morgan fingerprint density at radius 2 is 1.56 bits per heavy atom. The van der Waals surface area contributed by atoms with Crippen molar-refractivity contribution in [3.8, 4) is 0 Å². The van der Waals surface area contributed by atoms with E-state index in [1.165, 1.54) is 25.8 Å². The van der Waals surface area contributed by atoms with Gasteiger partial charge in [0.1, 0.15) is 0 Å². The van der Waals surface area contributed by atoms with Crippen LogP contribution in [0.3, 0.4) is 0 Å². The maximum atomic E-state index is 3.58. The van der Waals surface area contributed by atoms with Crippen LogP contribution in [-0.2, 0) is 0 Å². The first-order valence-corrected chi connectivity index (χ1v) is 6.87. The van der Waals surface area contributed by atoms with Gasteiger partial charge in [-0.2, -0.15) is 0 Å². The van der Waals surface area contributed by atoms with Crippen LogP contribution in [0.2, 0.25) is 0 Å². The van der Waals surface area contributed by atoms with Crippen molar-refractivity contribution in [3.05, 3.63) is 0 Å². The van der Waals surface area contributed by atoms with Gasteiger partial charge in [0.25, 0.3) is 0 Å². The highest BCUT2D eigenvalue weighted by Crippen LogP contribution is 2.33. The van der Waals surface area contributed by atoms with E-state index in [2.05, 4.69) is 53.8 Å². The van der Waals surface area contributed by atoms with Crippen molar-refractivity contribution in [3.63, 3.8) is 0 Å². The Labute approximate surface area is 103 Å². The van der Waals surface area contributed by atoms with E-state index in [1.807, 2.05) is 0 Å². The highest BCUT2D eigenvalue weighted by Gasteiger charge is 2.25. The Balaban J connectivity index is 4.12. The molecule has 0 rings (SSSR count). The van der Waals surface area contributed by atoms with E-state index in [0.29, 0.717) is 10.8 Å². The number of rotatable bonds is 6. The topological polar surface area (TPSA) is 12.0 Å². The number of hydrogen-bond acceptors (Lipinski definition) is 1. The second kappa shape index (κ2) is 6.64. The summed E-state index contributed by atoms with van der Waals surface area (Å²) in [5.74, 6) is 0.790. The lowest BCUT2D eigenvalue weighted by molar-refractivity contribution is 0.191. The largest absolute Gasteiger partial charge is 0.316 e. The van der Waals surface area contributed by atoms with Crippen LogP contribution in [0.4, 0.5) is 0 Å². The summed E-state index contributed by atoms with van der Waals surface area (Å²) in [6.07, 6.45) is 3.89. The van der Waals surface area contributed by atoms with Crippen molar-refractivity contribution >= 4 is 0 Å². The molecule has 1 atom stereocenters. The lowest BCUT2D eigenvalue weighted by Gasteiger charge is -2.33. The summed E-state index contributed by atoms with van der Waals surface area (Å²) in [6, 6.07) is 0. The van der Waals surface area contributed by atoms with Gasteiger partial charge in [-0.15, -0.1) is 0 Å². The second-order valence-electron chi connectivity index (χ2n) is 7.37. The summed E-state index contributed by atoms with van der Waals surface area (Å²) in [5.41, 5.74) is 0.889. The van der Waals surface area contributed by atoms with E-state index in [1.54, 1.807) is 0 Å². The molecule has 0 aliphatic carbocycles. The van der Waals surface area contributed by atoms with Crippen LogP contribution >= 0.6 is 0 Å². The third-order valence-corrected chi connectivity index (χ3v) is 3.29. The average molecular weight is 227 g/mol. The quantitative estimate of drug-likeness (QED) is 0.660. The number of nitrogens with one attached hydrogen (secondary N) is 1. The molecule has 16 heavy (non-hydrogen) atoms. The summed E-state index contributed by atoms with van der Waals surface area (Å²) < 4.78 is 0. The predicted molar refractivity (Wildman–Crippen MR) is 74.8 cm³/mol. The molecule has 0 amide bonds. The van der Waals surface area contributed by atoms with Gasteiger partial charge < -0.3 is 5.32 Å². The monoisotopic (exact) mass is 227 g/mol. The van der Waals surface area contributed by atoms with Crippen LogP contribution in [0, 0.1) is 16.7 Å². The molecule has 0 heterocycles. The molecule has 0 aromatic carbocycles. The molecule has 98 valence electrons. The third-order valence-electron chi connectivity index (χ3n) is 3.29. The Morgan fingerprint density at radius 1 is 1.00 bits per heavy atom. The first kappa shape index (κ1) is 16.0. The van der Waals surface area contributed by atoms with Gasteiger partial charge in [0.2, 0.25) is 0 Å². The molecule has 1 N–H and O–H groups in total. The maximum absolute atomic E-state index is 3.58. The van der Waals surface area contributed by atoms with Crippen molar-refractivity contribution in [1.29, 1.82) is 0 Å². The Kier molecular flexibility index (Phi) is 6.62. The fourth-order valence-electron chi connectivity index (χ4n) is 1.90. The number of hydrogen-bond donors (Lipinski definition) is 1. The molecule has 0 radical (unpaired) electrons. The van der Waals surface area contributed by atoms with Gasteiger partial charge in [-0.05, 0) is 49.1 Å². The van der Waals surface area contributed by atoms with Crippen LogP contribution < -0.4 is 5.32 Å². The van der Waals surface area contributed by atoms with E-state index >= 15 is 0 Å². The van der Waals surface area contributed by atoms with Crippen LogP contribution in [-0.4, -0.2) is 13.1 Å². The highest BCUT2D eigenvalue weighted by atomic mass is 14.9. The molecule has 1 unspecified atom stereocenters. The third kappa shape index (κ3) is 8.15. The normalized spacial score (nSPS) is 15.2. The van der Waals surface area contributed by atoms with E-state index in [-0.39, 0.29) is 0 Å². The molecule has 0 bridgehead atoms. The van der Waals surface area contributed by atoms with E-state index < -0.39 is 0 Å². The van der Waals surface area contributed by atoms with Gasteiger partial charge in [-0.25, -0.2) is 0 Å². The van der Waals surface area contributed by atoms with Crippen molar-refractivity contribution in [2.75, 3.05) is 13.1 Å². The van der Waals surface area contributed by atoms with Crippen molar-refractivity contribution in [2.24, 2.45) is 16.7 Å². The zero-order chi connectivity index (χ0) is 12.8. The summed E-state index contributed by atoms with van der Waals surface area (Å²) >= 11 is 0. The van der Waals surface area contributed by atoms with Gasteiger partial charge >= 0.3 is 0 Å². The SMILES string of the molecule is CCCNCC(CCC(C)(C)C)C(C)(C)C. The molecular weight excluding hydrogens is 194 g/mol. The Hall–Kier alpha value is -0.0400. The lowest BCUT2D eigenvalue weighted by Crippen LogP contribution is -2.33. The summed E-state index contributed by atoms with van der Waals surface area (Å²) in [4.78, 5) is 0. The Morgan fingerprint density at radius 3 is 1.94 bits per heavy atom. The van der Waals surface area contributed by atoms with Crippen molar-refractivity contribution in [2.45, 2.75) is 67.7 Å². The molecule has 0 saturated carbocycles. The van der Waals surface area contributed by atoms with E-state index in [0.717, 1.165) is 12.5 Å². The van der Waals surface area contributed by atoms with Crippen LogP contribution in [0.15, 0.2) is 0 Å². The maximum Gasteiger partial charge on any atom is -0.00155 e. The van der Waals surface area contributed by atoms with E-state index in [4.69, 9.17) is 0 Å². The minimum absolute atomic E-state index is 0.423. The minimum Gasteiger partial charge on any atom is -0.316 e. The lowest BCUT2D eigenvalue weighted by atomic mass is 9.75. The summed E-state index contributed by atoms with van der Waals surface area (Å²) in [7, 11) is 0.